The van der Waals surface area contributed by atoms with Crippen LogP contribution < -0.4 is 15.4 Å². The summed E-state index contributed by atoms with van der Waals surface area (Å²) in [6.45, 7) is 1.73. The van der Waals surface area contributed by atoms with Gasteiger partial charge in [0.2, 0.25) is 0 Å². The lowest BCUT2D eigenvalue weighted by molar-refractivity contribution is -0.151. The minimum absolute atomic E-state index is 0.190. The molecule has 2 aromatic rings. The number of carbonyl (C=O) groups excluding carboxylic acids is 2. The first kappa shape index (κ1) is 18.9. The number of carbonyl (C=O) groups is 2. The summed E-state index contributed by atoms with van der Waals surface area (Å²) < 4.78 is 5.32. The molecule has 1 aliphatic rings. The summed E-state index contributed by atoms with van der Waals surface area (Å²) in [7, 11) is 1.58. The molecular formula is C21H24N2O4. The molecule has 6 nitrogen and oxygen atoms in total. The largest absolute Gasteiger partial charge is 0.496 e. The van der Waals surface area contributed by atoms with E-state index in [9.17, 15) is 14.7 Å². The van der Waals surface area contributed by atoms with Gasteiger partial charge in [-0.05, 0) is 31.4 Å². The van der Waals surface area contributed by atoms with Crippen LogP contribution in [0, 0.1) is 0 Å². The van der Waals surface area contributed by atoms with E-state index in [1.54, 1.807) is 7.11 Å². The van der Waals surface area contributed by atoms with E-state index in [0.29, 0.717) is 17.7 Å². The Labute approximate surface area is 158 Å². The van der Waals surface area contributed by atoms with Crippen LogP contribution in [0.2, 0.25) is 0 Å². The van der Waals surface area contributed by atoms with Crippen LogP contribution in [-0.2, 0) is 21.7 Å². The molecule has 3 rings (SSSR count). The quantitative estimate of drug-likeness (QED) is 0.752. The molecule has 142 valence electrons. The van der Waals surface area contributed by atoms with Gasteiger partial charge in [-0.15, -0.1) is 0 Å². The fraction of sp³-hybridized carbons (Fsp3) is 0.333. The van der Waals surface area contributed by atoms with Gasteiger partial charge in [0.05, 0.1) is 7.11 Å². The summed E-state index contributed by atoms with van der Waals surface area (Å²) in [6.07, 6.45) is 0.489. The van der Waals surface area contributed by atoms with E-state index < -0.39 is 17.0 Å². The van der Waals surface area contributed by atoms with Gasteiger partial charge in [-0.3, -0.25) is 9.59 Å². The highest BCUT2D eigenvalue weighted by molar-refractivity contribution is 5.96. The van der Waals surface area contributed by atoms with Gasteiger partial charge in [-0.1, -0.05) is 48.5 Å². The molecule has 1 saturated heterocycles. The van der Waals surface area contributed by atoms with E-state index in [2.05, 4.69) is 10.6 Å². The molecule has 0 unspecified atom stereocenters. The van der Waals surface area contributed by atoms with Gasteiger partial charge in [0.15, 0.2) is 0 Å². The normalized spacial score (nSPS) is 24.8. The van der Waals surface area contributed by atoms with E-state index in [1.165, 1.54) is 6.92 Å². The van der Waals surface area contributed by atoms with Crippen LogP contribution in [0.25, 0.3) is 0 Å². The molecule has 0 aromatic heterocycles. The topological polar surface area (TPSA) is 87.7 Å². The molecule has 3 N–H and O–H groups in total. The molecule has 1 fully saturated rings. The first-order valence-electron chi connectivity index (χ1n) is 8.90. The second-order valence-corrected chi connectivity index (χ2v) is 6.99. The van der Waals surface area contributed by atoms with Gasteiger partial charge < -0.3 is 20.5 Å². The van der Waals surface area contributed by atoms with Crippen molar-refractivity contribution in [3.63, 3.8) is 0 Å². The van der Waals surface area contributed by atoms with Crippen molar-refractivity contribution in [2.24, 2.45) is 0 Å². The van der Waals surface area contributed by atoms with Crippen molar-refractivity contribution in [1.29, 1.82) is 0 Å². The molecular weight excluding hydrogens is 344 g/mol. The summed E-state index contributed by atoms with van der Waals surface area (Å²) in [5, 5.41) is 15.9. The number of benzene rings is 2. The predicted octanol–water partition coefficient (Wildman–Crippen LogP) is 1.87. The van der Waals surface area contributed by atoms with E-state index >= 15 is 0 Å². The van der Waals surface area contributed by atoms with Crippen molar-refractivity contribution in [2.75, 3.05) is 7.11 Å². The molecule has 0 spiro atoms. The Bertz CT molecular complexity index is 835. The standard InChI is InChI=1S/C21H24N2O4/c1-20(26)12-13-21(23-18(20)24,16-9-4-3-5-10-16)19(25)22-14-15-8-6-7-11-17(15)27-2/h3-11,26H,12-14H2,1-2H3,(H,22,25)(H,23,24)/t20-,21+/m0/s1. The molecule has 2 aromatic carbocycles. The Kier molecular flexibility index (Phi) is 5.19. The molecule has 1 aliphatic heterocycles. The Hall–Kier alpha value is -2.86. The number of ether oxygens (including phenoxy) is 1. The average Bonchev–Trinajstić information content (AvgIpc) is 2.69. The fourth-order valence-corrected chi connectivity index (χ4v) is 3.35. The maximum Gasteiger partial charge on any atom is 0.252 e. The lowest BCUT2D eigenvalue weighted by Crippen LogP contribution is -2.64. The van der Waals surface area contributed by atoms with E-state index in [-0.39, 0.29) is 18.9 Å². The Balaban J connectivity index is 1.87. The highest BCUT2D eigenvalue weighted by atomic mass is 16.5. The molecule has 0 radical (unpaired) electrons. The van der Waals surface area contributed by atoms with Gasteiger partial charge in [0.1, 0.15) is 16.9 Å². The summed E-state index contributed by atoms with van der Waals surface area (Å²) >= 11 is 0. The average molecular weight is 368 g/mol. The highest BCUT2D eigenvalue weighted by Crippen LogP contribution is 2.35. The van der Waals surface area contributed by atoms with Crippen molar-refractivity contribution in [3.8, 4) is 5.75 Å². The number of methoxy groups -OCH3 is 1. The van der Waals surface area contributed by atoms with Crippen molar-refractivity contribution in [1.82, 2.24) is 10.6 Å². The zero-order valence-corrected chi connectivity index (χ0v) is 15.5. The smallest absolute Gasteiger partial charge is 0.252 e. The van der Waals surface area contributed by atoms with Crippen LogP contribution in [0.15, 0.2) is 54.6 Å². The van der Waals surface area contributed by atoms with Crippen LogP contribution in [-0.4, -0.2) is 29.6 Å². The maximum absolute atomic E-state index is 13.2. The molecule has 2 amide bonds. The lowest BCUT2D eigenvalue weighted by atomic mass is 9.77. The molecule has 0 aliphatic carbocycles. The second kappa shape index (κ2) is 7.40. The number of aliphatic hydroxyl groups is 1. The molecule has 2 atom stereocenters. The lowest BCUT2D eigenvalue weighted by Gasteiger charge is -2.42. The summed E-state index contributed by atoms with van der Waals surface area (Å²) in [5.41, 5.74) is -1.18. The zero-order valence-electron chi connectivity index (χ0n) is 15.5. The van der Waals surface area contributed by atoms with Crippen molar-refractivity contribution < 1.29 is 19.4 Å². The summed E-state index contributed by atoms with van der Waals surface area (Å²) in [5.74, 6) is -0.185. The molecule has 27 heavy (non-hydrogen) atoms. The zero-order chi connectivity index (χ0) is 19.5. The predicted molar refractivity (Wildman–Crippen MR) is 101 cm³/mol. The molecule has 0 saturated carbocycles. The Morgan fingerprint density at radius 3 is 2.48 bits per heavy atom. The molecule has 0 bridgehead atoms. The third-order valence-corrected chi connectivity index (χ3v) is 5.09. The van der Waals surface area contributed by atoms with Crippen LogP contribution in [0.1, 0.15) is 30.9 Å². The number of piperidine rings is 1. The van der Waals surface area contributed by atoms with Gasteiger partial charge in [0.25, 0.3) is 11.8 Å². The first-order valence-corrected chi connectivity index (χ1v) is 8.90. The number of para-hydroxylation sites is 1. The number of rotatable bonds is 5. The van der Waals surface area contributed by atoms with Crippen LogP contribution in [0.3, 0.4) is 0 Å². The van der Waals surface area contributed by atoms with E-state index in [4.69, 9.17) is 4.74 Å². The van der Waals surface area contributed by atoms with Crippen LogP contribution in [0.5, 0.6) is 5.75 Å². The van der Waals surface area contributed by atoms with Gasteiger partial charge in [-0.25, -0.2) is 0 Å². The third kappa shape index (κ3) is 3.66. The van der Waals surface area contributed by atoms with Gasteiger partial charge in [-0.2, -0.15) is 0 Å². The van der Waals surface area contributed by atoms with E-state index in [0.717, 1.165) is 5.56 Å². The fourth-order valence-electron chi connectivity index (χ4n) is 3.35. The minimum atomic E-state index is -1.48. The third-order valence-electron chi connectivity index (χ3n) is 5.09. The van der Waals surface area contributed by atoms with Crippen LogP contribution in [0.4, 0.5) is 0 Å². The monoisotopic (exact) mass is 368 g/mol. The SMILES string of the molecule is COc1ccccc1CNC(=O)[C@]1(c2ccccc2)CC[C@](C)(O)C(=O)N1. The number of hydrogen-bond donors (Lipinski definition) is 3. The number of hydrogen-bond acceptors (Lipinski definition) is 4. The molecule has 6 heteroatoms. The summed E-state index contributed by atoms with van der Waals surface area (Å²) in [6, 6.07) is 16.5. The van der Waals surface area contributed by atoms with Gasteiger partial charge >= 0.3 is 0 Å². The second-order valence-electron chi connectivity index (χ2n) is 6.99. The Morgan fingerprint density at radius 1 is 1.15 bits per heavy atom. The molecule has 1 heterocycles. The van der Waals surface area contributed by atoms with E-state index in [1.807, 2.05) is 54.6 Å². The van der Waals surface area contributed by atoms with Gasteiger partial charge in [0, 0.05) is 12.1 Å². The minimum Gasteiger partial charge on any atom is -0.496 e. The maximum atomic E-state index is 13.2. The van der Waals surface area contributed by atoms with Crippen LogP contribution >= 0.6 is 0 Å². The summed E-state index contributed by atoms with van der Waals surface area (Å²) in [4.78, 5) is 25.6. The number of amides is 2. The Morgan fingerprint density at radius 2 is 1.81 bits per heavy atom. The van der Waals surface area contributed by atoms with Crippen molar-refractivity contribution in [3.05, 3.63) is 65.7 Å². The first-order chi connectivity index (χ1) is 12.9. The van der Waals surface area contributed by atoms with Crippen molar-refractivity contribution >= 4 is 11.8 Å². The highest BCUT2D eigenvalue weighted by Gasteiger charge is 2.50. The van der Waals surface area contributed by atoms with Crippen molar-refractivity contribution in [2.45, 2.75) is 37.5 Å². The number of nitrogens with one attached hydrogen (secondary N) is 2.